The van der Waals surface area contributed by atoms with E-state index in [9.17, 15) is 9.59 Å². The Hall–Kier alpha value is -3.04. The normalized spacial score (nSPS) is 15.5. The van der Waals surface area contributed by atoms with Crippen molar-refractivity contribution in [2.75, 3.05) is 12.4 Å². The van der Waals surface area contributed by atoms with Crippen molar-refractivity contribution in [3.63, 3.8) is 0 Å². The van der Waals surface area contributed by atoms with Crippen molar-refractivity contribution in [3.8, 4) is 0 Å². The van der Waals surface area contributed by atoms with Crippen molar-refractivity contribution in [1.29, 1.82) is 0 Å². The largest absolute Gasteiger partial charge is 0.464 e. The van der Waals surface area contributed by atoms with Crippen LogP contribution in [0.1, 0.15) is 22.0 Å². The summed E-state index contributed by atoms with van der Waals surface area (Å²) in [4.78, 5) is 26.0. The predicted octanol–water partition coefficient (Wildman–Crippen LogP) is 3.41. The summed E-state index contributed by atoms with van der Waals surface area (Å²) in [6.07, 6.45) is 0. The summed E-state index contributed by atoms with van der Waals surface area (Å²) in [6.45, 7) is 0. The van der Waals surface area contributed by atoms with Crippen molar-refractivity contribution >= 4 is 45.2 Å². The fourth-order valence-electron chi connectivity index (χ4n) is 3.13. The Kier molecular flexibility index (Phi) is 5.16. The van der Waals surface area contributed by atoms with Crippen LogP contribution >= 0.6 is 27.5 Å². The van der Waals surface area contributed by atoms with Gasteiger partial charge in [0.25, 0.3) is 0 Å². The zero-order valence-electron chi connectivity index (χ0n) is 15.0. The van der Waals surface area contributed by atoms with Crippen LogP contribution in [0.4, 0.5) is 5.95 Å². The van der Waals surface area contributed by atoms with Gasteiger partial charge in [0, 0.05) is 15.1 Å². The Morgan fingerprint density at radius 3 is 2.66 bits per heavy atom. The lowest BCUT2D eigenvalue weighted by Gasteiger charge is -2.28. The molecule has 0 amide bonds. The van der Waals surface area contributed by atoms with Crippen molar-refractivity contribution in [2.24, 2.45) is 0 Å². The number of fused-ring (bicyclic) bond motifs is 1. The van der Waals surface area contributed by atoms with Crippen molar-refractivity contribution in [2.45, 2.75) is 6.04 Å². The monoisotopic (exact) mass is 473 g/mol. The quantitative estimate of drug-likeness (QED) is 0.457. The average molecular weight is 475 g/mol. The molecule has 1 aromatic heterocycles. The molecule has 8 nitrogen and oxygen atoms in total. The summed E-state index contributed by atoms with van der Waals surface area (Å²) in [5, 5.41) is 14.9. The number of aromatic nitrogens is 4. The highest BCUT2D eigenvalue weighted by Crippen LogP contribution is 2.37. The molecule has 0 bridgehead atoms. The Morgan fingerprint density at radius 1 is 1.21 bits per heavy atom. The van der Waals surface area contributed by atoms with Gasteiger partial charge in [0.2, 0.25) is 5.95 Å². The number of hydrogen-bond donors (Lipinski definition) is 1. The molecule has 2 aromatic carbocycles. The third kappa shape index (κ3) is 3.54. The van der Waals surface area contributed by atoms with Gasteiger partial charge in [-0.15, -0.1) is 0 Å². The number of anilines is 1. The number of nitrogens with one attached hydrogen (secondary N) is 1. The second-order valence-corrected chi connectivity index (χ2v) is 7.50. The molecule has 4 rings (SSSR count). The van der Waals surface area contributed by atoms with E-state index < -0.39 is 12.0 Å². The molecule has 0 saturated heterocycles. The molecule has 0 spiro atoms. The lowest BCUT2D eigenvalue weighted by atomic mass is 9.89. The first-order valence-corrected chi connectivity index (χ1v) is 9.60. The highest BCUT2D eigenvalue weighted by atomic mass is 79.9. The molecule has 1 aliphatic heterocycles. The Morgan fingerprint density at radius 2 is 1.97 bits per heavy atom. The van der Waals surface area contributed by atoms with Crippen LogP contribution in [0, 0.1) is 0 Å². The Balaban J connectivity index is 1.95. The zero-order chi connectivity index (χ0) is 20.5. The number of nitrogens with zero attached hydrogens (tertiary/aromatic N) is 4. The number of hydrogen-bond acceptors (Lipinski definition) is 7. The summed E-state index contributed by atoms with van der Waals surface area (Å²) in [6, 6.07) is 13.0. The molecule has 2 heterocycles. The van der Waals surface area contributed by atoms with Gasteiger partial charge in [0.05, 0.1) is 12.7 Å². The summed E-state index contributed by atoms with van der Waals surface area (Å²) in [7, 11) is 1.24. The van der Waals surface area contributed by atoms with Crippen LogP contribution in [0.3, 0.4) is 0 Å². The fraction of sp³-hybridized carbons (Fsp3) is 0.105. The standard InChI is InChI=1S/C19H13BrClN5O3/c1-29-18(28)15-14(17(27)10-5-7-13(21)8-6-10)16(11-3-2-4-12(20)9-11)26-19(22-15)23-24-25-26/h2-9,16H,1H3,(H,22,23,25)/t16-/m0/s1. The maximum Gasteiger partial charge on any atom is 0.355 e. The van der Waals surface area contributed by atoms with E-state index in [4.69, 9.17) is 16.3 Å². The number of carbonyl (C=O) groups excluding carboxylic acids is 2. The average Bonchev–Trinajstić information content (AvgIpc) is 3.20. The number of esters is 1. The van der Waals surface area contributed by atoms with Gasteiger partial charge in [0.1, 0.15) is 11.7 Å². The molecule has 0 saturated carbocycles. The molecule has 0 fully saturated rings. The van der Waals surface area contributed by atoms with E-state index in [1.54, 1.807) is 24.3 Å². The number of methoxy groups -OCH3 is 1. The molecule has 0 aliphatic carbocycles. The third-order valence-corrected chi connectivity index (χ3v) is 5.17. The van der Waals surface area contributed by atoms with Crippen LogP contribution in [0.2, 0.25) is 5.02 Å². The van der Waals surface area contributed by atoms with E-state index in [1.807, 2.05) is 24.3 Å². The molecule has 10 heteroatoms. The minimum absolute atomic E-state index is 0.0141. The van der Waals surface area contributed by atoms with E-state index >= 15 is 0 Å². The Bertz CT molecular complexity index is 1140. The molecule has 1 N–H and O–H groups in total. The zero-order valence-corrected chi connectivity index (χ0v) is 17.3. The lowest BCUT2D eigenvalue weighted by molar-refractivity contribution is -0.136. The van der Waals surface area contributed by atoms with Crippen molar-refractivity contribution < 1.29 is 14.3 Å². The summed E-state index contributed by atoms with van der Waals surface area (Å²) in [5.74, 6) is -0.847. The first kappa shape index (κ1) is 19.3. The third-order valence-electron chi connectivity index (χ3n) is 4.42. The van der Waals surface area contributed by atoms with E-state index in [1.165, 1.54) is 11.8 Å². The highest BCUT2D eigenvalue weighted by molar-refractivity contribution is 9.10. The maximum absolute atomic E-state index is 13.5. The number of carbonyl (C=O) groups is 2. The summed E-state index contributed by atoms with van der Waals surface area (Å²) in [5.41, 5.74) is 1.23. The number of rotatable bonds is 4. The molecule has 0 radical (unpaired) electrons. The van der Waals surface area contributed by atoms with Crippen LogP contribution < -0.4 is 5.32 Å². The second-order valence-electron chi connectivity index (χ2n) is 6.15. The fourth-order valence-corrected chi connectivity index (χ4v) is 3.67. The number of ether oxygens (including phenoxy) is 1. The highest BCUT2D eigenvalue weighted by Gasteiger charge is 2.38. The predicted molar refractivity (Wildman–Crippen MR) is 109 cm³/mol. The minimum atomic E-state index is -0.740. The van der Waals surface area contributed by atoms with E-state index in [0.717, 1.165) is 4.47 Å². The van der Waals surface area contributed by atoms with Crippen LogP contribution in [-0.4, -0.2) is 39.1 Å². The van der Waals surface area contributed by atoms with Gasteiger partial charge in [-0.2, -0.15) is 4.68 Å². The van der Waals surface area contributed by atoms with Gasteiger partial charge >= 0.3 is 5.97 Å². The van der Waals surface area contributed by atoms with E-state index in [2.05, 4.69) is 36.8 Å². The molecule has 1 aliphatic rings. The molecular formula is C19H13BrClN5O3. The molecule has 0 unspecified atom stereocenters. The maximum atomic E-state index is 13.5. The minimum Gasteiger partial charge on any atom is -0.464 e. The van der Waals surface area contributed by atoms with Gasteiger partial charge in [-0.3, -0.25) is 4.79 Å². The van der Waals surface area contributed by atoms with Crippen LogP contribution in [0.5, 0.6) is 0 Å². The molecular weight excluding hydrogens is 462 g/mol. The molecule has 29 heavy (non-hydrogen) atoms. The van der Waals surface area contributed by atoms with E-state index in [0.29, 0.717) is 16.1 Å². The van der Waals surface area contributed by atoms with Crippen molar-refractivity contribution in [1.82, 2.24) is 20.2 Å². The molecule has 1 atom stereocenters. The van der Waals surface area contributed by atoms with Gasteiger partial charge in [-0.25, -0.2) is 4.79 Å². The first-order chi connectivity index (χ1) is 14.0. The second kappa shape index (κ2) is 7.76. The van der Waals surface area contributed by atoms with Gasteiger partial charge in [0.15, 0.2) is 5.78 Å². The van der Waals surface area contributed by atoms with Crippen molar-refractivity contribution in [3.05, 3.63) is 80.4 Å². The SMILES string of the molecule is COC(=O)C1=C(C(=O)c2ccc(Cl)cc2)[C@H](c2cccc(Br)c2)n2nnnc2N1. The van der Waals surface area contributed by atoms with Crippen LogP contribution in [0.15, 0.2) is 64.3 Å². The Labute approximate surface area is 178 Å². The molecule has 146 valence electrons. The number of allylic oxidation sites excluding steroid dienone is 1. The van der Waals surface area contributed by atoms with Gasteiger partial charge in [-0.1, -0.05) is 44.8 Å². The van der Waals surface area contributed by atoms with Gasteiger partial charge < -0.3 is 10.1 Å². The van der Waals surface area contributed by atoms with Gasteiger partial charge in [-0.05, 0) is 52.4 Å². The first-order valence-electron chi connectivity index (χ1n) is 8.42. The number of tetrazole rings is 1. The van der Waals surface area contributed by atoms with Crippen LogP contribution in [-0.2, 0) is 9.53 Å². The smallest absolute Gasteiger partial charge is 0.355 e. The summed E-state index contributed by atoms with van der Waals surface area (Å²) >= 11 is 9.40. The number of Topliss-reactive ketones (excluding diaryl/α,β-unsaturated/α-hetero) is 1. The van der Waals surface area contributed by atoms with Crippen LogP contribution in [0.25, 0.3) is 0 Å². The van der Waals surface area contributed by atoms with E-state index in [-0.39, 0.29) is 23.0 Å². The topological polar surface area (TPSA) is 99.0 Å². The number of ketones is 1. The lowest BCUT2D eigenvalue weighted by Crippen LogP contribution is -2.32. The summed E-state index contributed by atoms with van der Waals surface area (Å²) < 4.78 is 7.17. The molecule has 3 aromatic rings. The number of halogens is 2. The number of benzene rings is 2.